The van der Waals surface area contributed by atoms with Crippen LogP contribution in [-0.2, 0) is 0 Å². The van der Waals surface area contributed by atoms with Crippen LogP contribution in [0.25, 0.3) is 0 Å². The molecule has 7 heteroatoms. The molecule has 2 aromatic rings. The van der Waals surface area contributed by atoms with Gasteiger partial charge in [0.05, 0.1) is 6.10 Å². The number of nitrogens with zero attached hydrogens (tertiary/aromatic N) is 1. The van der Waals surface area contributed by atoms with Gasteiger partial charge in [0.25, 0.3) is 5.91 Å². The lowest BCUT2D eigenvalue weighted by atomic mass is 9.90. The van der Waals surface area contributed by atoms with Crippen molar-refractivity contribution >= 4 is 17.2 Å². The second kappa shape index (κ2) is 7.93. The van der Waals surface area contributed by atoms with E-state index in [4.69, 9.17) is 0 Å². The van der Waals surface area contributed by atoms with Crippen molar-refractivity contribution in [2.75, 3.05) is 13.1 Å². The van der Waals surface area contributed by atoms with Gasteiger partial charge in [0.2, 0.25) is 0 Å². The Labute approximate surface area is 148 Å². The van der Waals surface area contributed by atoms with E-state index in [1.54, 1.807) is 4.90 Å². The highest BCUT2D eigenvalue weighted by Gasteiger charge is 2.29. The Morgan fingerprint density at radius 1 is 1.20 bits per heavy atom. The SMILES string of the molecule is O=C(c1ccc(OC(F)F)cc1)N1CCC(C(O)c2cccs2)CC1. The van der Waals surface area contributed by atoms with Gasteiger partial charge in [-0.15, -0.1) is 11.3 Å². The second-order valence-electron chi connectivity index (χ2n) is 5.99. The van der Waals surface area contributed by atoms with Crippen molar-refractivity contribution in [3.05, 3.63) is 52.2 Å². The summed E-state index contributed by atoms with van der Waals surface area (Å²) in [5, 5.41) is 12.4. The number of likely N-dealkylation sites (tertiary alicyclic amines) is 1. The van der Waals surface area contributed by atoms with Crippen molar-refractivity contribution in [1.82, 2.24) is 4.90 Å². The van der Waals surface area contributed by atoms with Gasteiger partial charge < -0.3 is 14.7 Å². The third kappa shape index (κ3) is 4.35. The van der Waals surface area contributed by atoms with Crippen LogP contribution in [0.2, 0.25) is 0 Å². The zero-order valence-corrected chi connectivity index (χ0v) is 14.3. The summed E-state index contributed by atoms with van der Waals surface area (Å²) in [5.74, 6) is 0.0431. The molecule has 1 aromatic carbocycles. The van der Waals surface area contributed by atoms with Gasteiger partial charge in [-0.05, 0) is 54.5 Å². The number of ether oxygens (including phenoxy) is 1. The van der Waals surface area contributed by atoms with Crippen molar-refractivity contribution in [1.29, 1.82) is 0 Å². The Hall–Kier alpha value is -1.99. The van der Waals surface area contributed by atoms with Crippen LogP contribution in [0, 0.1) is 5.92 Å². The highest BCUT2D eigenvalue weighted by atomic mass is 32.1. The minimum Gasteiger partial charge on any atom is -0.435 e. The first-order valence-electron chi connectivity index (χ1n) is 8.10. The Morgan fingerprint density at radius 2 is 1.88 bits per heavy atom. The van der Waals surface area contributed by atoms with E-state index in [1.807, 2.05) is 17.5 Å². The fourth-order valence-electron chi connectivity index (χ4n) is 3.07. The Bertz CT molecular complexity index is 683. The summed E-state index contributed by atoms with van der Waals surface area (Å²) in [5.41, 5.74) is 0.443. The van der Waals surface area contributed by atoms with Gasteiger partial charge in [-0.1, -0.05) is 6.07 Å². The van der Waals surface area contributed by atoms with Crippen LogP contribution < -0.4 is 4.74 Å². The van der Waals surface area contributed by atoms with Gasteiger partial charge in [0.1, 0.15) is 5.75 Å². The van der Waals surface area contributed by atoms with Crippen LogP contribution in [0.4, 0.5) is 8.78 Å². The first-order valence-corrected chi connectivity index (χ1v) is 8.98. The molecule has 0 bridgehead atoms. The van der Waals surface area contributed by atoms with Gasteiger partial charge in [-0.2, -0.15) is 8.78 Å². The van der Waals surface area contributed by atoms with E-state index in [0.717, 1.165) is 17.7 Å². The number of hydrogen-bond acceptors (Lipinski definition) is 4. The number of piperidine rings is 1. The van der Waals surface area contributed by atoms with E-state index in [-0.39, 0.29) is 17.6 Å². The Balaban J connectivity index is 1.56. The number of aliphatic hydroxyl groups excluding tert-OH is 1. The van der Waals surface area contributed by atoms with Crippen LogP contribution >= 0.6 is 11.3 Å². The lowest BCUT2D eigenvalue weighted by Crippen LogP contribution is -2.39. The minimum absolute atomic E-state index is 0.0318. The molecule has 1 aliphatic rings. The molecule has 134 valence electrons. The summed E-state index contributed by atoms with van der Waals surface area (Å²) in [6.45, 7) is -1.74. The molecule has 1 atom stereocenters. The lowest BCUT2D eigenvalue weighted by Gasteiger charge is -2.34. The minimum atomic E-state index is -2.88. The molecule has 1 amide bonds. The quantitative estimate of drug-likeness (QED) is 0.871. The van der Waals surface area contributed by atoms with Crippen molar-refractivity contribution in [2.24, 2.45) is 5.92 Å². The van der Waals surface area contributed by atoms with E-state index in [0.29, 0.717) is 18.7 Å². The summed E-state index contributed by atoms with van der Waals surface area (Å²) in [6, 6.07) is 9.57. The van der Waals surface area contributed by atoms with Crippen LogP contribution in [0.5, 0.6) is 5.75 Å². The molecule has 1 aliphatic heterocycles. The van der Waals surface area contributed by atoms with E-state index >= 15 is 0 Å². The van der Waals surface area contributed by atoms with Crippen LogP contribution in [-0.4, -0.2) is 35.6 Å². The van der Waals surface area contributed by atoms with Gasteiger partial charge in [0.15, 0.2) is 0 Å². The van der Waals surface area contributed by atoms with Gasteiger partial charge in [-0.3, -0.25) is 4.79 Å². The molecule has 1 saturated heterocycles. The highest BCUT2D eigenvalue weighted by molar-refractivity contribution is 7.10. The van der Waals surface area contributed by atoms with Gasteiger partial charge in [-0.25, -0.2) is 0 Å². The van der Waals surface area contributed by atoms with E-state index in [9.17, 15) is 18.7 Å². The molecule has 1 unspecified atom stereocenters. The van der Waals surface area contributed by atoms with Gasteiger partial charge >= 0.3 is 6.61 Å². The number of carbonyl (C=O) groups is 1. The molecule has 25 heavy (non-hydrogen) atoms. The first kappa shape index (κ1) is 17.8. The largest absolute Gasteiger partial charge is 0.435 e. The van der Waals surface area contributed by atoms with E-state index in [1.165, 1.54) is 35.6 Å². The van der Waals surface area contributed by atoms with Crippen molar-refractivity contribution in [2.45, 2.75) is 25.6 Å². The number of hydrogen-bond donors (Lipinski definition) is 1. The monoisotopic (exact) mass is 367 g/mol. The molecular weight excluding hydrogens is 348 g/mol. The van der Waals surface area contributed by atoms with E-state index in [2.05, 4.69) is 4.74 Å². The highest BCUT2D eigenvalue weighted by Crippen LogP contribution is 2.33. The standard InChI is InChI=1S/C18H19F2NO3S/c19-18(20)24-14-5-3-13(4-6-14)17(23)21-9-7-12(8-10-21)16(22)15-2-1-11-25-15/h1-6,11-12,16,18,22H,7-10H2. The molecule has 2 heterocycles. The second-order valence-corrected chi connectivity index (χ2v) is 6.97. The first-order chi connectivity index (χ1) is 12.0. The summed E-state index contributed by atoms with van der Waals surface area (Å²) in [7, 11) is 0. The third-order valence-corrected chi connectivity index (χ3v) is 5.38. The Kier molecular flexibility index (Phi) is 5.65. The summed E-state index contributed by atoms with van der Waals surface area (Å²) in [4.78, 5) is 15.2. The number of thiophene rings is 1. The molecule has 3 rings (SSSR count). The van der Waals surface area contributed by atoms with Crippen molar-refractivity contribution in [3.63, 3.8) is 0 Å². The number of aliphatic hydroxyl groups is 1. The zero-order chi connectivity index (χ0) is 17.8. The average molecular weight is 367 g/mol. The molecule has 4 nitrogen and oxygen atoms in total. The maximum atomic E-state index is 12.5. The third-order valence-electron chi connectivity index (χ3n) is 4.43. The fourth-order valence-corrected chi connectivity index (χ4v) is 3.87. The molecule has 0 aliphatic carbocycles. The number of rotatable bonds is 5. The van der Waals surface area contributed by atoms with Crippen molar-refractivity contribution in [3.8, 4) is 5.75 Å². The van der Waals surface area contributed by atoms with E-state index < -0.39 is 12.7 Å². The molecule has 0 radical (unpaired) electrons. The molecule has 1 aromatic heterocycles. The predicted molar refractivity (Wildman–Crippen MR) is 91.0 cm³/mol. The Morgan fingerprint density at radius 3 is 2.44 bits per heavy atom. The molecule has 1 N–H and O–H groups in total. The van der Waals surface area contributed by atoms with Crippen LogP contribution in [0.3, 0.4) is 0 Å². The predicted octanol–water partition coefficient (Wildman–Crippen LogP) is 3.94. The molecular formula is C18H19F2NO3S. The molecule has 0 spiro atoms. The topological polar surface area (TPSA) is 49.8 Å². The number of alkyl halides is 2. The number of halogens is 2. The van der Waals surface area contributed by atoms with Crippen LogP contribution in [0.15, 0.2) is 41.8 Å². The number of amides is 1. The molecule has 0 saturated carbocycles. The zero-order valence-electron chi connectivity index (χ0n) is 13.5. The number of carbonyl (C=O) groups excluding carboxylic acids is 1. The summed E-state index contributed by atoms with van der Waals surface area (Å²) in [6.07, 6.45) is 0.984. The van der Waals surface area contributed by atoms with Crippen molar-refractivity contribution < 1.29 is 23.4 Å². The average Bonchev–Trinajstić information content (AvgIpc) is 3.15. The maximum absolute atomic E-state index is 12.5. The maximum Gasteiger partial charge on any atom is 0.387 e. The van der Waals surface area contributed by atoms with Gasteiger partial charge in [0, 0.05) is 23.5 Å². The number of benzene rings is 1. The fraction of sp³-hybridized carbons (Fsp3) is 0.389. The lowest BCUT2D eigenvalue weighted by molar-refractivity contribution is -0.0498. The molecule has 1 fully saturated rings. The summed E-state index contributed by atoms with van der Waals surface area (Å²) >= 11 is 1.54. The normalized spacial score (nSPS) is 16.9. The summed E-state index contributed by atoms with van der Waals surface area (Å²) < 4.78 is 28.6. The smallest absolute Gasteiger partial charge is 0.387 e. The van der Waals surface area contributed by atoms with Crippen LogP contribution in [0.1, 0.15) is 34.2 Å².